The minimum atomic E-state index is 0.179. The van der Waals surface area contributed by atoms with Crippen LogP contribution in [0.5, 0.6) is 0 Å². The fraction of sp³-hybridized carbons (Fsp3) is 0.789. The number of hydrogen-bond donors (Lipinski definition) is 1. The molecule has 6 heteroatoms. The van der Waals surface area contributed by atoms with Gasteiger partial charge in [0, 0.05) is 45.0 Å². The summed E-state index contributed by atoms with van der Waals surface area (Å²) in [7, 11) is 2.03. The SMILES string of the molecule is C[C@@H]1CCCN(CCNC(=O)C2CCN(Cc3nccn3C)CC2)C1. The Morgan fingerprint density at radius 1 is 1.24 bits per heavy atom. The Balaban J connectivity index is 1.33. The normalized spacial score (nSPS) is 23.7. The summed E-state index contributed by atoms with van der Waals surface area (Å²) in [5, 5.41) is 3.17. The number of piperidine rings is 2. The lowest BCUT2D eigenvalue weighted by molar-refractivity contribution is -0.126. The summed E-state index contributed by atoms with van der Waals surface area (Å²) in [5.41, 5.74) is 0. The average molecular weight is 348 g/mol. The standard InChI is InChI=1S/C19H33N5O/c1-16-4-3-9-23(14-16)13-8-21-19(25)17-5-10-24(11-6-17)15-18-20-7-12-22(18)2/h7,12,16-17H,3-6,8-11,13-15H2,1-2H3,(H,21,25)/t16-/m1/s1. The molecule has 0 unspecified atom stereocenters. The molecule has 3 rings (SSSR count). The van der Waals surface area contributed by atoms with E-state index in [9.17, 15) is 4.79 Å². The third kappa shape index (κ3) is 5.28. The number of carbonyl (C=O) groups excluding carboxylic acids is 1. The first-order chi connectivity index (χ1) is 12.1. The van der Waals surface area contributed by atoms with E-state index in [0.29, 0.717) is 0 Å². The van der Waals surface area contributed by atoms with Crippen molar-refractivity contribution in [2.75, 3.05) is 39.3 Å². The summed E-state index contributed by atoms with van der Waals surface area (Å²) < 4.78 is 2.07. The van der Waals surface area contributed by atoms with Crippen LogP contribution in [0.3, 0.4) is 0 Å². The molecule has 0 saturated carbocycles. The number of aryl methyl sites for hydroxylation is 1. The fourth-order valence-electron chi connectivity index (χ4n) is 4.07. The van der Waals surface area contributed by atoms with Gasteiger partial charge in [-0.1, -0.05) is 6.92 Å². The van der Waals surface area contributed by atoms with E-state index in [0.717, 1.165) is 57.3 Å². The van der Waals surface area contributed by atoms with Crippen molar-refractivity contribution in [2.45, 2.75) is 39.2 Å². The monoisotopic (exact) mass is 347 g/mol. The van der Waals surface area contributed by atoms with Gasteiger partial charge in [-0.3, -0.25) is 9.69 Å². The summed E-state index contributed by atoms with van der Waals surface area (Å²) >= 11 is 0. The van der Waals surface area contributed by atoms with Crippen molar-refractivity contribution in [1.29, 1.82) is 0 Å². The van der Waals surface area contributed by atoms with Crippen molar-refractivity contribution >= 4 is 5.91 Å². The first-order valence-electron chi connectivity index (χ1n) is 9.80. The third-order valence-corrected chi connectivity index (χ3v) is 5.71. The van der Waals surface area contributed by atoms with Crippen LogP contribution in [-0.2, 0) is 18.4 Å². The number of nitrogens with zero attached hydrogens (tertiary/aromatic N) is 4. The van der Waals surface area contributed by atoms with Crippen LogP contribution < -0.4 is 5.32 Å². The summed E-state index contributed by atoms with van der Waals surface area (Å²) in [6, 6.07) is 0. The number of hydrogen-bond acceptors (Lipinski definition) is 4. The Hall–Kier alpha value is -1.40. The van der Waals surface area contributed by atoms with Crippen molar-refractivity contribution in [3.05, 3.63) is 18.2 Å². The average Bonchev–Trinajstić information content (AvgIpc) is 3.00. The van der Waals surface area contributed by atoms with E-state index in [1.54, 1.807) is 0 Å². The Morgan fingerprint density at radius 3 is 2.72 bits per heavy atom. The number of nitrogens with one attached hydrogen (secondary N) is 1. The number of likely N-dealkylation sites (tertiary alicyclic amines) is 2. The third-order valence-electron chi connectivity index (χ3n) is 5.71. The van der Waals surface area contributed by atoms with Crippen LogP contribution in [0, 0.1) is 11.8 Å². The van der Waals surface area contributed by atoms with Crippen LogP contribution in [0.15, 0.2) is 12.4 Å². The lowest BCUT2D eigenvalue weighted by atomic mass is 9.96. The molecule has 0 aromatic carbocycles. The van der Waals surface area contributed by atoms with Crippen molar-refractivity contribution in [3.8, 4) is 0 Å². The summed E-state index contributed by atoms with van der Waals surface area (Å²) in [6.07, 6.45) is 8.38. The van der Waals surface area contributed by atoms with E-state index in [4.69, 9.17) is 0 Å². The van der Waals surface area contributed by atoms with Crippen LogP contribution in [-0.4, -0.2) is 64.5 Å². The molecule has 1 N–H and O–H groups in total. The van der Waals surface area contributed by atoms with Crippen molar-refractivity contribution in [3.63, 3.8) is 0 Å². The van der Waals surface area contributed by atoms with Gasteiger partial charge in [-0.05, 0) is 51.2 Å². The van der Waals surface area contributed by atoms with Gasteiger partial charge in [0.15, 0.2) is 0 Å². The minimum Gasteiger partial charge on any atom is -0.355 e. The molecule has 0 aliphatic carbocycles. The molecule has 0 radical (unpaired) electrons. The highest BCUT2D eigenvalue weighted by molar-refractivity contribution is 5.78. The zero-order valence-corrected chi connectivity index (χ0v) is 15.8. The molecule has 1 atom stereocenters. The van der Waals surface area contributed by atoms with Crippen LogP contribution >= 0.6 is 0 Å². The second-order valence-electron chi connectivity index (χ2n) is 7.84. The molecule has 1 aromatic rings. The van der Waals surface area contributed by atoms with Crippen molar-refractivity contribution < 1.29 is 4.79 Å². The number of imidazole rings is 1. The van der Waals surface area contributed by atoms with Gasteiger partial charge in [0.1, 0.15) is 5.82 Å². The lowest BCUT2D eigenvalue weighted by Crippen LogP contribution is -2.44. The maximum Gasteiger partial charge on any atom is 0.223 e. The van der Waals surface area contributed by atoms with Gasteiger partial charge >= 0.3 is 0 Å². The number of aromatic nitrogens is 2. The lowest BCUT2D eigenvalue weighted by Gasteiger charge is -2.32. The predicted octanol–water partition coefficient (Wildman–Crippen LogP) is 1.48. The van der Waals surface area contributed by atoms with Crippen molar-refractivity contribution in [1.82, 2.24) is 24.7 Å². The zero-order valence-electron chi connectivity index (χ0n) is 15.8. The van der Waals surface area contributed by atoms with Crippen LogP contribution in [0.25, 0.3) is 0 Å². The Morgan fingerprint density at radius 2 is 2.04 bits per heavy atom. The van der Waals surface area contributed by atoms with Gasteiger partial charge in [0.05, 0.1) is 6.54 Å². The summed E-state index contributed by atoms with van der Waals surface area (Å²) in [4.78, 5) is 21.7. The fourth-order valence-corrected chi connectivity index (χ4v) is 4.07. The molecule has 1 amide bonds. The van der Waals surface area contributed by atoms with Crippen LogP contribution in [0.4, 0.5) is 0 Å². The van der Waals surface area contributed by atoms with E-state index in [1.807, 2.05) is 19.4 Å². The molecular weight excluding hydrogens is 314 g/mol. The van der Waals surface area contributed by atoms with E-state index < -0.39 is 0 Å². The van der Waals surface area contributed by atoms with Gasteiger partial charge in [-0.2, -0.15) is 0 Å². The van der Waals surface area contributed by atoms with E-state index in [-0.39, 0.29) is 11.8 Å². The van der Waals surface area contributed by atoms with Crippen LogP contribution in [0.2, 0.25) is 0 Å². The zero-order chi connectivity index (χ0) is 17.6. The second-order valence-corrected chi connectivity index (χ2v) is 7.84. The molecule has 25 heavy (non-hydrogen) atoms. The summed E-state index contributed by atoms with van der Waals surface area (Å²) in [6.45, 7) is 9.32. The molecular formula is C19H33N5O. The number of rotatable bonds is 6. The number of carbonyl (C=O) groups is 1. The Kier molecular flexibility index (Phi) is 6.48. The predicted molar refractivity (Wildman–Crippen MR) is 99.1 cm³/mol. The molecule has 2 aliphatic heterocycles. The molecule has 140 valence electrons. The molecule has 3 heterocycles. The molecule has 1 aromatic heterocycles. The highest BCUT2D eigenvalue weighted by Gasteiger charge is 2.25. The topological polar surface area (TPSA) is 53.4 Å². The molecule has 2 fully saturated rings. The van der Waals surface area contributed by atoms with E-state index >= 15 is 0 Å². The molecule has 2 aliphatic rings. The quantitative estimate of drug-likeness (QED) is 0.847. The van der Waals surface area contributed by atoms with Gasteiger partial charge in [0.25, 0.3) is 0 Å². The molecule has 2 saturated heterocycles. The Bertz CT molecular complexity index is 550. The first kappa shape index (κ1) is 18.4. The molecule has 6 nitrogen and oxygen atoms in total. The highest BCUT2D eigenvalue weighted by Crippen LogP contribution is 2.19. The maximum atomic E-state index is 12.4. The van der Waals surface area contributed by atoms with Gasteiger partial charge in [-0.25, -0.2) is 4.98 Å². The Labute approximate surface area is 151 Å². The minimum absolute atomic E-state index is 0.179. The van der Waals surface area contributed by atoms with E-state index in [1.165, 1.54) is 25.9 Å². The maximum absolute atomic E-state index is 12.4. The van der Waals surface area contributed by atoms with Crippen LogP contribution in [0.1, 0.15) is 38.4 Å². The number of amides is 1. The van der Waals surface area contributed by atoms with Gasteiger partial charge < -0.3 is 14.8 Å². The van der Waals surface area contributed by atoms with Gasteiger partial charge in [-0.15, -0.1) is 0 Å². The smallest absolute Gasteiger partial charge is 0.223 e. The molecule has 0 bridgehead atoms. The largest absolute Gasteiger partial charge is 0.355 e. The van der Waals surface area contributed by atoms with E-state index in [2.05, 4.69) is 31.6 Å². The molecule has 0 spiro atoms. The second kappa shape index (κ2) is 8.81. The highest BCUT2D eigenvalue weighted by atomic mass is 16.1. The first-order valence-corrected chi connectivity index (χ1v) is 9.80. The summed E-state index contributed by atoms with van der Waals surface area (Å²) in [5.74, 6) is 2.32. The van der Waals surface area contributed by atoms with Gasteiger partial charge in [0.2, 0.25) is 5.91 Å². The van der Waals surface area contributed by atoms with Crippen molar-refractivity contribution in [2.24, 2.45) is 18.9 Å².